The van der Waals surface area contributed by atoms with Crippen LogP contribution >= 0.6 is 0 Å². The smallest absolute Gasteiger partial charge is 0.258 e. The minimum Gasteiger partial charge on any atom is -0.494 e. The Bertz CT molecular complexity index is 7140. The highest BCUT2D eigenvalue weighted by atomic mass is 19.1. The number of methoxy groups -OCH3 is 9. The summed E-state index contributed by atoms with van der Waals surface area (Å²) in [7, 11) is 16.2. The molecular formula is C112H129FN16O14. The van der Waals surface area contributed by atoms with Crippen molar-refractivity contribution < 1.29 is 47.0 Å². The first kappa shape index (κ1) is 102. The average Bonchev–Trinajstić information content (AvgIpc) is 0.789. The lowest BCUT2D eigenvalue weighted by atomic mass is 9.82. The number of nitrogens with one attached hydrogen (secondary N) is 4. The highest BCUT2D eigenvalue weighted by molar-refractivity contribution is 5.71. The lowest BCUT2D eigenvalue weighted by Crippen LogP contribution is -2.43. The van der Waals surface area contributed by atoms with Crippen molar-refractivity contribution in [3.63, 3.8) is 0 Å². The molecule has 1 saturated carbocycles. The molecule has 0 spiro atoms. The van der Waals surface area contributed by atoms with Gasteiger partial charge in [0.05, 0.1) is 98.1 Å². The number of ether oxygens (including phenoxy) is 9. The van der Waals surface area contributed by atoms with Crippen molar-refractivity contribution >= 4 is 33.9 Å². The topological polar surface area (TPSA) is 310 Å². The van der Waals surface area contributed by atoms with Crippen LogP contribution in [0.3, 0.4) is 0 Å². The number of piperidine rings is 4. The number of aromatic nitrogens is 10. The van der Waals surface area contributed by atoms with Gasteiger partial charge in [0.1, 0.15) is 28.2 Å². The molecule has 10 aromatic heterocycles. The predicted octanol–water partition coefficient (Wildman–Crippen LogP) is 16.7. The molecule has 0 amide bonds. The number of fused-ring (bicyclic) bond motifs is 5. The lowest BCUT2D eigenvalue weighted by molar-refractivity contribution is 0.222. The molecule has 0 radical (unpaired) electrons. The van der Waals surface area contributed by atoms with E-state index in [0.717, 1.165) is 175 Å². The second-order valence-electron chi connectivity index (χ2n) is 36.7. The second-order valence-corrected chi connectivity index (χ2v) is 36.7. The fourth-order valence-electron chi connectivity index (χ4n) is 19.8. The van der Waals surface area contributed by atoms with Crippen molar-refractivity contribution in [2.75, 3.05) is 141 Å². The molecule has 31 heteroatoms. The molecule has 0 bridgehead atoms. The van der Waals surface area contributed by atoms with Gasteiger partial charge in [-0.2, -0.15) is 0 Å². The van der Waals surface area contributed by atoms with Crippen LogP contribution in [0.4, 0.5) is 10.1 Å². The summed E-state index contributed by atoms with van der Waals surface area (Å²) in [6.45, 7) is 16.8. The van der Waals surface area contributed by atoms with Crippen LogP contribution in [-0.4, -0.2) is 200 Å². The summed E-state index contributed by atoms with van der Waals surface area (Å²) < 4.78 is 69.8. The number of hydrogen-bond acceptors (Lipinski definition) is 25. The summed E-state index contributed by atoms with van der Waals surface area (Å²) >= 11 is 0. The lowest BCUT2D eigenvalue weighted by Gasteiger charge is -2.34. The Labute approximate surface area is 831 Å². The van der Waals surface area contributed by atoms with Crippen LogP contribution in [0.2, 0.25) is 0 Å². The third kappa shape index (κ3) is 23.8. The van der Waals surface area contributed by atoms with Gasteiger partial charge in [-0.15, -0.1) is 0 Å². The number of benzene rings is 5. The number of halogens is 1. The Morgan fingerprint density at radius 1 is 0.350 bits per heavy atom. The van der Waals surface area contributed by atoms with Gasteiger partial charge < -0.3 is 73.7 Å². The summed E-state index contributed by atoms with van der Waals surface area (Å²) in [6, 6.07) is 53.9. The predicted molar refractivity (Wildman–Crippen MR) is 560 cm³/mol. The third-order valence-corrected chi connectivity index (χ3v) is 28.1. The van der Waals surface area contributed by atoms with Gasteiger partial charge in [-0.3, -0.25) is 46.0 Å². The Balaban J connectivity index is 0.000000129. The number of likely N-dealkylation sites (tertiary alicyclic amines) is 1. The van der Waals surface area contributed by atoms with Crippen LogP contribution in [0, 0.1) is 12.7 Å². The number of rotatable bonds is 24. The van der Waals surface area contributed by atoms with E-state index in [1.165, 1.54) is 54.8 Å². The van der Waals surface area contributed by atoms with Crippen LogP contribution in [0.1, 0.15) is 149 Å². The van der Waals surface area contributed by atoms with Crippen LogP contribution in [0.5, 0.6) is 51.7 Å². The fraction of sp³-hybridized carbons (Fsp3) is 0.375. The van der Waals surface area contributed by atoms with Gasteiger partial charge in [0.2, 0.25) is 0 Å². The molecule has 5 fully saturated rings. The Kier molecular flexibility index (Phi) is 33.7. The van der Waals surface area contributed by atoms with Crippen molar-refractivity contribution in [1.82, 2.24) is 73.1 Å². The van der Waals surface area contributed by atoms with E-state index in [2.05, 4.69) is 79.1 Å². The molecule has 1 unspecified atom stereocenters. The van der Waals surface area contributed by atoms with E-state index in [1.54, 1.807) is 109 Å². The highest BCUT2D eigenvalue weighted by Crippen LogP contribution is 2.40. The van der Waals surface area contributed by atoms with Crippen LogP contribution < -0.4 is 96.6 Å². The maximum Gasteiger partial charge on any atom is 0.258 e. The van der Waals surface area contributed by atoms with Crippen LogP contribution in [0.25, 0.3) is 84.5 Å². The summed E-state index contributed by atoms with van der Waals surface area (Å²) in [5.74, 6) is 6.61. The molecule has 15 aromatic rings. The third-order valence-electron chi connectivity index (χ3n) is 28.1. The number of hydrogen-bond donors (Lipinski definition) is 4. The van der Waals surface area contributed by atoms with E-state index in [4.69, 9.17) is 57.6 Å². The van der Waals surface area contributed by atoms with Gasteiger partial charge in [0.15, 0.2) is 57.6 Å². The van der Waals surface area contributed by atoms with E-state index in [-0.39, 0.29) is 33.5 Å². The zero-order valence-electron chi connectivity index (χ0n) is 83.8. The van der Waals surface area contributed by atoms with E-state index in [0.29, 0.717) is 144 Å². The largest absolute Gasteiger partial charge is 0.494 e. The monoisotopic (exact) mass is 1940 g/mol. The van der Waals surface area contributed by atoms with E-state index < -0.39 is 5.82 Å². The second kappa shape index (κ2) is 47.5. The first-order chi connectivity index (χ1) is 69.6. The fourth-order valence-corrected chi connectivity index (χ4v) is 19.8. The number of nitrogens with zero attached hydrogens (tertiary/aromatic N) is 12. The van der Waals surface area contributed by atoms with E-state index in [9.17, 15) is 28.4 Å². The van der Waals surface area contributed by atoms with Crippen molar-refractivity contribution in [3.8, 4) is 108 Å². The number of aryl methyl sites for hydroxylation is 1. The number of anilines is 1. The molecule has 1 atom stereocenters. The molecule has 5 aliphatic rings. The summed E-state index contributed by atoms with van der Waals surface area (Å²) in [6.07, 6.45) is 24.4. The SMILES string of the molecule is CCCNC1CCN(c2cc(C)c3nc(-c4ccc(OC)c(OC)c4)cc(=O)n3c2)CC1.CCN1CCC(c2ccc3nc(-c4ccc(OC)c(OC)c4)cc(=O)n3c2)CC1.CNC1CCC(c2ccc3nc(-c4ccc(OC)c(OC)c4)cc(=O)n3c2)CC1.COc1ccc(-c2cc(=O)n3cc(C4CCCNC4)ccc3n2)cc1OC.COc1ccc(-c2cc(=O)n3cc(C4CCNCC4)ccc3n2)cc1F. The van der Waals surface area contributed by atoms with Gasteiger partial charge in [-0.1, -0.05) is 38.1 Å². The van der Waals surface area contributed by atoms with Crippen LogP contribution in [-0.2, 0) is 0 Å². The first-order valence-corrected chi connectivity index (χ1v) is 49.3. The van der Waals surface area contributed by atoms with E-state index in [1.807, 2.05) is 148 Å². The van der Waals surface area contributed by atoms with Crippen LogP contribution in [0.15, 0.2) is 231 Å². The van der Waals surface area contributed by atoms with Gasteiger partial charge >= 0.3 is 0 Å². The molecule has 4 aliphatic heterocycles. The Morgan fingerprint density at radius 3 is 1.08 bits per heavy atom. The average molecular weight is 1940 g/mol. The molecule has 30 nitrogen and oxygen atoms in total. The van der Waals surface area contributed by atoms with Crippen molar-refractivity contribution in [1.29, 1.82) is 0 Å². The quantitative estimate of drug-likeness (QED) is 0.0437. The van der Waals surface area contributed by atoms with Gasteiger partial charge in [0, 0.05) is 121 Å². The molecule has 4 N–H and O–H groups in total. The molecule has 14 heterocycles. The van der Waals surface area contributed by atoms with Gasteiger partial charge in [-0.25, -0.2) is 29.3 Å². The Hall–Kier alpha value is -14.4. The van der Waals surface area contributed by atoms with Crippen molar-refractivity contribution in [2.24, 2.45) is 0 Å². The van der Waals surface area contributed by atoms with Gasteiger partial charge in [-0.05, 0) is 316 Å². The maximum absolute atomic E-state index is 14.0. The first-order valence-electron chi connectivity index (χ1n) is 49.3. The zero-order chi connectivity index (χ0) is 100. The van der Waals surface area contributed by atoms with E-state index >= 15 is 0 Å². The maximum atomic E-state index is 14.0. The molecule has 1 aliphatic carbocycles. The summed E-state index contributed by atoms with van der Waals surface area (Å²) in [5.41, 5.74) is 16.2. The molecule has 20 rings (SSSR count). The molecule has 143 heavy (non-hydrogen) atoms. The molecule has 748 valence electrons. The highest BCUT2D eigenvalue weighted by Gasteiger charge is 2.28. The van der Waals surface area contributed by atoms with Crippen molar-refractivity contribution in [3.05, 3.63) is 292 Å². The minimum absolute atomic E-state index is 0.0763. The minimum atomic E-state index is -0.478. The van der Waals surface area contributed by atoms with Crippen molar-refractivity contribution in [2.45, 2.75) is 140 Å². The molecule has 4 saturated heterocycles. The standard InChI is InChI=1S/C25H32N4O3.2C23H27N3O3.C21H23N3O3.C20H20FN3O2/c1-5-10-26-19-8-11-28(12-9-19)20-13-17(2)25-27-21(15-24(30)29(25)16-20)18-6-7-22(31-3)23(14-18)32-4;1-24-18-8-4-15(5-9-18)17-7-11-22-25-19(13-23(27)26(22)14-17)16-6-10-20(28-2)21(12-16)29-3;1-4-25-11-9-16(10-12-25)18-6-8-22-24-19(14-23(27)26(22)15-18)17-5-7-20(28-2)21(13-17)29-3;1-26-18-7-5-14(10-19(18)27-2)17-11-21(25)24-13-16(6-8-20(24)23-17)15-4-3-9-22-12-15;1-26-18-4-2-14(10-16(18)21)17-11-20(25)24-12-15(3-5-19(24)23-17)13-6-8-22-9-7-13/h6-7,13-16,19,26H,5,8-12H2,1-4H3;6-7,10-15,18,24H,4-5,8-9H2,1-3H3;5-8,13-16H,4,9-12H2,1-3H3;5-8,10-11,13,15,22H,3-4,9,12H2,1-2H3;2-5,10-13,22H,6-9H2,1H3. The van der Waals surface area contributed by atoms with Gasteiger partial charge in [0.25, 0.3) is 27.8 Å². The molecule has 5 aromatic carbocycles. The Morgan fingerprint density at radius 2 is 0.713 bits per heavy atom. The summed E-state index contributed by atoms with van der Waals surface area (Å²) in [4.78, 5) is 92.3. The molecular weight excluding hydrogens is 1810 g/mol. The summed E-state index contributed by atoms with van der Waals surface area (Å²) in [5, 5.41) is 13.8. The zero-order valence-corrected chi connectivity index (χ0v) is 83.8. The number of pyridine rings is 5. The normalized spacial score (nSPS) is 16.3.